The third-order valence-electron chi connectivity index (χ3n) is 3.90. The zero-order chi connectivity index (χ0) is 14.5. The van der Waals surface area contributed by atoms with Gasteiger partial charge in [-0.3, -0.25) is 0 Å². The Labute approximate surface area is 120 Å². The number of nitrogens with zero attached hydrogens (tertiary/aromatic N) is 2. The minimum atomic E-state index is -0.340. The van der Waals surface area contributed by atoms with Crippen LogP contribution >= 0.6 is 0 Å². The lowest BCUT2D eigenvalue weighted by Crippen LogP contribution is -2.30. The highest BCUT2D eigenvalue weighted by atomic mass is 19.1. The van der Waals surface area contributed by atoms with E-state index in [4.69, 9.17) is 5.26 Å². The maximum atomic E-state index is 13.3. The fourth-order valence-corrected chi connectivity index (χ4v) is 2.74. The minimum absolute atomic E-state index is 0.340. The summed E-state index contributed by atoms with van der Waals surface area (Å²) in [5, 5.41) is 12.2. The molecule has 0 aliphatic carbocycles. The number of hydrogen-bond acceptors (Lipinski definition) is 3. The summed E-state index contributed by atoms with van der Waals surface area (Å²) in [4.78, 5) is 2.49. The van der Waals surface area contributed by atoms with Crippen molar-refractivity contribution in [3.8, 4) is 6.07 Å². The van der Waals surface area contributed by atoms with Crippen molar-refractivity contribution in [2.75, 3.05) is 19.6 Å². The summed E-state index contributed by atoms with van der Waals surface area (Å²) in [6.45, 7) is 8.32. The van der Waals surface area contributed by atoms with E-state index in [9.17, 15) is 4.39 Å². The molecule has 0 bridgehead atoms. The molecule has 0 aromatic heterocycles. The van der Waals surface area contributed by atoms with E-state index in [1.54, 1.807) is 6.07 Å². The minimum Gasteiger partial charge on any atom is -0.312 e. The normalized spacial score (nSPS) is 19.4. The summed E-state index contributed by atoms with van der Waals surface area (Å²) in [5.74, 6) is 0.328. The van der Waals surface area contributed by atoms with Gasteiger partial charge in [0.15, 0.2) is 0 Å². The number of rotatable bonds is 5. The fraction of sp³-hybridized carbons (Fsp3) is 0.562. The van der Waals surface area contributed by atoms with Gasteiger partial charge in [-0.15, -0.1) is 0 Å². The van der Waals surface area contributed by atoms with Gasteiger partial charge >= 0.3 is 0 Å². The van der Waals surface area contributed by atoms with Crippen LogP contribution < -0.4 is 5.32 Å². The zero-order valence-electron chi connectivity index (χ0n) is 12.2. The highest BCUT2D eigenvalue weighted by Crippen LogP contribution is 2.17. The summed E-state index contributed by atoms with van der Waals surface area (Å²) in [6, 6.07) is 7.09. The fourth-order valence-electron chi connectivity index (χ4n) is 2.74. The van der Waals surface area contributed by atoms with E-state index in [-0.39, 0.29) is 5.82 Å². The van der Waals surface area contributed by atoms with Gasteiger partial charge in [0, 0.05) is 19.1 Å². The average molecular weight is 275 g/mol. The lowest BCUT2D eigenvalue weighted by atomic mass is 10.1. The zero-order valence-corrected chi connectivity index (χ0v) is 12.2. The van der Waals surface area contributed by atoms with Crippen LogP contribution in [0.5, 0.6) is 0 Å². The van der Waals surface area contributed by atoms with Gasteiger partial charge in [0.1, 0.15) is 5.82 Å². The van der Waals surface area contributed by atoms with Crippen LogP contribution in [0.1, 0.15) is 31.4 Å². The predicted molar refractivity (Wildman–Crippen MR) is 77.6 cm³/mol. The Morgan fingerprint density at radius 3 is 2.90 bits per heavy atom. The van der Waals surface area contributed by atoms with Gasteiger partial charge in [-0.25, -0.2) is 4.39 Å². The molecule has 1 fully saturated rings. The van der Waals surface area contributed by atoms with Crippen molar-refractivity contribution in [1.82, 2.24) is 10.2 Å². The van der Waals surface area contributed by atoms with E-state index in [0.29, 0.717) is 24.1 Å². The molecule has 2 rings (SSSR count). The maximum absolute atomic E-state index is 13.3. The van der Waals surface area contributed by atoms with Crippen molar-refractivity contribution in [2.24, 2.45) is 5.92 Å². The lowest BCUT2D eigenvalue weighted by Gasteiger charge is -2.20. The smallest absolute Gasteiger partial charge is 0.124 e. The Balaban J connectivity index is 1.79. The molecule has 1 atom stereocenters. The van der Waals surface area contributed by atoms with Gasteiger partial charge in [-0.2, -0.15) is 5.26 Å². The van der Waals surface area contributed by atoms with Crippen LogP contribution in [0, 0.1) is 23.1 Å². The molecule has 1 aliphatic heterocycles. The largest absolute Gasteiger partial charge is 0.312 e. The second kappa shape index (κ2) is 6.83. The van der Waals surface area contributed by atoms with Crippen molar-refractivity contribution >= 4 is 0 Å². The molecule has 1 unspecified atom stereocenters. The molecular formula is C16H22FN3. The first-order valence-corrected chi connectivity index (χ1v) is 7.23. The van der Waals surface area contributed by atoms with Crippen molar-refractivity contribution < 1.29 is 4.39 Å². The van der Waals surface area contributed by atoms with Gasteiger partial charge in [0.2, 0.25) is 0 Å². The first-order valence-electron chi connectivity index (χ1n) is 7.23. The van der Waals surface area contributed by atoms with Crippen LogP contribution in [-0.4, -0.2) is 30.6 Å². The molecule has 0 amide bonds. The second-order valence-corrected chi connectivity index (χ2v) is 5.83. The quantitative estimate of drug-likeness (QED) is 0.897. The maximum Gasteiger partial charge on any atom is 0.124 e. The molecule has 0 radical (unpaired) electrons. The summed E-state index contributed by atoms with van der Waals surface area (Å²) in [6.07, 6.45) is 1.22. The monoisotopic (exact) mass is 275 g/mol. The third kappa shape index (κ3) is 4.03. The summed E-state index contributed by atoms with van der Waals surface area (Å²) < 4.78 is 13.3. The number of nitriles is 1. The standard InChI is InChI=1S/C16H22FN3/c1-12(2)20-4-3-13(11-20)9-19-10-15-5-14(8-18)6-16(17)7-15/h5-7,12-13,19H,3-4,9-11H2,1-2H3. The molecule has 1 aliphatic rings. The van der Waals surface area contributed by atoms with Crippen molar-refractivity contribution in [2.45, 2.75) is 32.9 Å². The molecule has 1 aromatic carbocycles. The van der Waals surface area contributed by atoms with Crippen molar-refractivity contribution in [3.05, 3.63) is 35.1 Å². The van der Waals surface area contributed by atoms with Crippen molar-refractivity contribution in [1.29, 1.82) is 5.26 Å². The van der Waals surface area contributed by atoms with Gasteiger partial charge in [-0.05, 0) is 63.0 Å². The highest BCUT2D eigenvalue weighted by Gasteiger charge is 2.23. The summed E-state index contributed by atoms with van der Waals surface area (Å²) >= 11 is 0. The highest BCUT2D eigenvalue weighted by molar-refractivity contribution is 5.33. The topological polar surface area (TPSA) is 39.1 Å². The number of likely N-dealkylation sites (tertiary alicyclic amines) is 1. The van der Waals surface area contributed by atoms with E-state index in [0.717, 1.165) is 18.7 Å². The van der Waals surface area contributed by atoms with Crippen LogP contribution in [0.3, 0.4) is 0 Å². The Kier molecular flexibility index (Phi) is 5.11. The van der Waals surface area contributed by atoms with Crippen LogP contribution in [0.25, 0.3) is 0 Å². The Morgan fingerprint density at radius 1 is 1.45 bits per heavy atom. The molecule has 0 saturated carbocycles. The average Bonchev–Trinajstić information content (AvgIpc) is 2.87. The van der Waals surface area contributed by atoms with Gasteiger partial charge in [0.25, 0.3) is 0 Å². The number of nitrogens with one attached hydrogen (secondary N) is 1. The third-order valence-corrected chi connectivity index (χ3v) is 3.90. The molecule has 108 valence electrons. The van der Waals surface area contributed by atoms with Crippen molar-refractivity contribution in [3.63, 3.8) is 0 Å². The van der Waals surface area contributed by atoms with Gasteiger partial charge in [-0.1, -0.05) is 0 Å². The number of halogens is 1. The first kappa shape index (κ1) is 15.0. The molecule has 4 heteroatoms. The van der Waals surface area contributed by atoms with E-state index in [2.05, 4.69) is 24.1 Å². The predicted octanol–water partition coefficient (Wildman–Crippen LogP) is 2.52. The number of benzene rings is 1. The van der Waals surface area contributed by atoms with Crippen LogP contribution in [0.15, 0.2) is 18.2 Å². The molecule has 1 N–H and O–H groups in total. The van der Waals surface area contributed by atoms with Crippen LogP contribution in [-0.2, 0) is 6.54 Å². The van der Waals surface area contributed by atoms with E-state index < -0.39 is 0 Å². The summed E-state index contributed by atoms with van der Waals surface area (Å²) in [5.41, 5.74) is 1.22. The second-order valence-electron chi connectivity index (χ2n) is 5.83. The Bertz CT molecular complexity index is 493. The molecule has 1 saturated heterocycles. The molecule has 0 spiro atoms. The molecule has 1 heterocycles. The Hall–Kier alpha value is -1.44. The van der Waals surface area contributed by atoms with Crippen LogP contribution in [0.4, 0.5) is 4.39 Å². The van der Waals surface area contributed by atoms with Gasteiger partial charge < -0.3 is 10.2 Å². The molecule has 3 nitrogen and oxygen atoms in total. The number of hydrogen-bond donors (Lipinski definition) is 1. The van der Waals surface area contributed by atoms with E-state index in [1.165, 1.54) is 25.1 Å². The van der Waals surface area contributed by atoms with E-state index >= 15 is 0 Å². The summed E-state index contributed by atoms with van der Waals surface area (Å²) in [7, 11) is 0. The van der Waals surface area contributed by atoms with E-state index in [1.807, 2.05) is 6.07 Å². The molecule has 20 heavy (non-hydrogen) atoms. The molecule has 1 aromatic rings. The lowest BCUT2D eigenvalue weighted by molar-refractivity contribution is 0.264. The first-order chi connectivity index (χ1) is 9.58. The van der Waals surface area contributed by atoms with Gasteiger partial charge in [0.05, 0.1) is 11.6 Å². The molecular weight excluding hydrogens is 253 g/mol. The Morgan fingerprint density at radius 2 is 2.25 bits per heavy atom. The SMILES string of the molecule is CC(C)N1CCC(CNCc2cc(F)cc(C#N)c2)C1. The van der Waals surface area contributed by atoms with Crippen LogP contribution in [0.2, 0.25) is 0 Å².